The normalized spacial score (nSPS) is 13.0. The zero-order valence-electron chi connectivity index (χ0n) is 11.4. The Labute approximate surface area is 125 Å². The smallest absolute Gasteiger partial charge is 0.324 e. The van der Waals surface area contributed by atoms with Gasteiger partial charge in [-0.3, -0.25) is 4.79 Å². The summed E-state index contributed by atoms with van der Waals surface area (Å²) in [7, 11) is -2.62. The number of imidazole rings is 1. The summed E-state index contributed by atoms with van der Waals surface area (Å²) in [6, 6.07) is -1.04. The number of carbonyl (C=O) groups is 1. The Morgan fingerprint density at radius 1 is 1.52 bits per heavy atom. The van der Waals surface area contributed by atoms with Crippen LogP contribution in [0, 0.1) is 6.92 Å². The van der Waals surface area contributed by atoms with Crippen LogP contribution in [-0.4, -0.2) is 42.5 Å². The average molecular weight is 330 g/mol. The summed E-state index contributed by atoms with van der Waals surface area (Å²) in [6.45, 7) is 1.70. The Bertz CT molecular complexity index is 708. The molecule has 1 atom stereocenters. The number of methoxy groups -OCH3 is 1. The average Bonchev–Trinajstić information content (AvgIpc) is 3.08. The zero-order chi connectivity index (χ0) is 15.5. The Kier molecular flexibility index (Phi) is 4.70. The Hall–Kier alpha value is -1.78. The van der Waals surface area contributed by atoms with Gasteiger partial charge in [-0.2, -0.15) is 4.72 Å². The summed E-state index contributed by atoms with van der Waals surface area (Å²) < 4.78 is 31.5. The van der Waals surface area contributed by atoms with Gasteiger partial charge in [0.2, 0.25) is 0 Å². The summed E-state index contributed by atoms with van der Waals surface area (Å²) in [4.78, 5) is 22.3. The molecule has 0 saturated heterocycles. The Balaban J connectivity index is 2.20. The first-order valence-electron chi connectivity index (χ1n) is 5.92. The van der Waals surface area contributed by atoms with Crippen molar-refractivity contribution < 1.29 is 17.9 Å². The van der Waals surface area contributed by atoms with Crippen molar-refractivity contribution in [3.63, 3.8) is 0 Å². The molecule has 0 spiro atoms. The van der Waals surface area contributed by atoms with Gasteiger partial charge in [0.25, 0.3) is 10.0 Å². The maximum atomic E-state index is 12.2. The van der Waals surface area contributed by atoms with E-state index in [9.17, 15) is 13.2 Å². The molecule has 2 aromatic rings. The van der Waals surface area contributed by atoms with Gasteiger partial charge in [-0.15, -0.1) is 11.3 Å². The van der Waals surface area contributed by atoms with Gasteiger partial charge in [0.05, 0.1) is 24.6 Å². The van der Waals surface area contributed by atoms with Crippen LogP contribution in [0.2, 0.25) is 0 Å². The first-order valence-corrected chi connectivity index (χ1v) is 8.22. The van der Waals surface area contributed by atoms with Crippen molar-refractivity contribution >= 4 is 27.3 Å². The van der Waals surface area contributed by atoms with E-state index in [4.69, 9.17) is 0 Å². The van der Waals surface area contributed by atoms with Crippen molar-refractivity contribution in [2.75, 3.05) is 7.11 Å². The molecule has 10 heteroatoms. The lowest BCUT2D eigenvalue weighted by molar-refractivity contribution is -0.142. The van der Waals surface area contributed by atoms with Gasteiger partial charge < -0.3 is 9.72 Å². The van der Waals surface area contributed by atoms with Gasteiger partial charge in [0.15, 0.2) is 4.21 Å². The topological polar surface area (TPSA) is 114 Å². The number of carbonyl (C=O) groups excluding carboxylic acids is 1. The second kappa shape index (κ2) is 6.33. The van der Waals surface area contributed by atoms with Crippen molar-refractivity contribution in [2.24, 2.45) is 0 Å². The number of aromatic nitrogens is 3. The number of nitrogens with zero attached hydrogens (tertiary/aromatic N) is 2. The van der Waals surface area contributed by atoms with Crippen molar-refractivity contribution in [3.8, 4) is 0 Å². The van der Waals surface area contributed by atoms with Crippen LogP contribution in [0.4, 0.5) is 0 Å². The van der Waals surface area contributed by atoms with E-state index in [1.807, 2.05) is 0 Å². The van der Waals surface area contributed by atoms with Crippen LogP contribution in [0.1, 0.15) is 10.7 Å². The Morgan fingerprint density at radius 2 is 2.29 bits per heavy atom. The summed E-state index contributed by atoms with van der Waals surface area (Å²) in [5.41, 5.74) is 0.619. The van der Waals surface area contributed by atoms with Crippen LogP contribution >= 0.6 is 11.3 Å². The highest BCUT2D eigenvalue weighted by Gasteiger charge is 2.28. The molecule has 0 bridgehead atoms. The lowest BCUT2D eigenvalue weighted by atomic mass is 10.2. The number of rotatable bonds is 6. The molecule has 0 radical (unpaired) electrons. The van der Waals surface area contributed by atoms with Crippen LogP contribution in [-0.2, 0) is 26.0 Å². The fraction of sp³-hybridized carbons (Fsp3) is 0.364. The number of thiazole rings is 1. The fourth-order valence-electron chi connectivity index (χ4n) is 1.64. The lowest BCUT2D eigenvalue weighted by Crippen LogP contribution is -2.42. The van der Waals surface area contributed by atoms with Crippen molar-refractivity contribution in [3.05, 3.63) is 29.4 Å². The number of ether oxygens (including phenoxy) is 1. The van der Waals surface area contributed by atoms with E-state index < -0.39 is 22.0 Å². The summed E-state index contributed by atoms with van der Waals surface area (Å²) in [6.07, 6.45) is 4.34. The van der Waals surface area contributed by atoms with Crippen LogP contribution in [0.5, 0.6) is 0 Å². The summed E-state index contributed by atoms with van der Waals surface area (Å²) in [5.74, 6) is -0.672. The molecule has 0 saturated carbocycles. The monoisotopic (exact) mass is 330 g/mol. The van der Waals surface area contributed by atoms with Crippen LogP contribution in [0.3, 0.4) is 0 Å². The molecule has 0 unspecified atom stereocenters. The molecule has 114 valence electrons. The molecule has 8 nitrogen and oxygen atoms in total. The second-order valence-corrected chi connectivity index (χ2v) is 7.35. The van der Waals surface area contributed by atoms with E-state index in [2.05, 4.69) is 24.4 Å². The molecule has 0 aliphatic carbocycles. The van der Waals surface area contributed by atoms with E-state index in [-0.39, 0.29) is 10.6 Å². The van der Waals surface area contributed by atoms with Gasteiger partial charge in [-0.25, -0.2) is 18.4 Å². The highest BCUT2D eigenvalue weighted by Crippen LogP contribution is 2.18. The Morgan fingerprint density at radius 3 is 2.81 bits per heavy atom. The highest BCUT2D eigenvalue weighted by molar-refractivity contribution is 7.91. The number of nitrogens with one attached hydrogen (secondary N) is 2. The number of hydrogen-bond acceptors (Lipinski definition) is 7. The van der Waals surface area contributed by atoms with Crippen molar-refractivity contribution in [2.45, 2.75) is 23.6 Å². The standard InChI is InChI=1S/C11H14N4O4S2/c1-7-13-5-10(20-7)21(17,18)15-9(11(16)19-2)3-8-4-12-6-14-8/h4-6,9,15H,3H2,1-2H3,(H,12,14)/t9-/m0/s1. The third-order valence-corrected chi connectivity index (χ3v) is 5.47. The second-order valence-electron chi connectivity index (χ2n) is 4.18. The maximum absolute atomic E-state index is 12.2. The molecular weight excluding hydrogens is 316 g/mol. The van der Waals surface area contributed by atoms with Gasteiger partial charge in [-0.1, -0.05) is 0 Å². The number of aryl methyl sites for hydroxylation is 1. The molecule has 2 N–H and O–H groups in total. The summed E-state index contributed by atoms with van der Waals surface area (Å²) >= 11 is 1.03. The predicted octanol–water partition coefficient (Wildman–Crippen LogP) is 0.237. The van der Waals surface area contributed by atoms with E-state index in [1.54, 1.807) is 6.92 Å². The minimum atomic E-state index is -3.83. The van der Waals surface area contributed by atoms with E-state index >= 15 is 0 Å². The van der Waals surface area contributed by atoms with Gasteiger partial charge in [-0.05, 0) is 6.92 Å². The molecule has 2 aromatic heterocycles. The van der Waals surface area contributed by atoms with Crippen molar-refractivity contribution in [1.82, 2.24) is 19.7 Å². The quantitative estimate of drug-likeness (QED) is 0.733. The molecular formula is C11H14N4O4S2. The third kappa shape index (κ3) is 3.86. The SMILES string of the molecule is COC(=O)[C@H](Cc1cnc[nH]1)NS(=O)(=O)c1cnc(C)s1. The summed E-state index contributed by atoms with van der Waals surface area (Å²) in [5, 5.41) is 0.624. The number of H-pyrrole nitrogens is 1. The van der Waals surface area contributed by atoms with E-state index in [0.717, 1.165) is 11.3 Å². The molecule has 0 aliphatic heterocycles. The molecule has 2 heterocycles. The number of aromatic amines is 1. The highest BCUT2D eigenvalue weighted by atomic mass is 32.2. The maximum Gasteiger partial charge on any atom is 0.324 e. The third-order valence-electron chi connectivity index (χ3n) is 2.63. The van der Waals surface area contributed by atoms with Crippen LogP contribution in [0.15, 0.2) is 22.9 Å². The first-order chi connectivity index (χ1) is 9.92. The zero-order valence-corrected chi connectivity index (χ0v) is 13.0. The van der Waals surface area contributed by atoms with E-state index in [0.29, 0.717) is 10.7 Å². The molecule has 21 heavy (non-hydrogen) atoms. The number of sulfonamides is 1. The molecule has 0 fully saturated rings. The van der Waals surface area contributed by atoms with E-state index in [1.165, 1.54) is 25.8 Å². The largest absolute Gasteiger partial charge is 0.468 e. The number of hydrogen-bond donors (Lipinski definition) is 2. The molecule has 0 aliphatic rings. The molecule has 0 amide bonds. The number of esters is 1. The van der Waals surface area contributed by atoms with Gasteiger partial charge in [0, 0.05) is 18.3 Å². The predicted molar refractivity (Wildman–Crippen MR) is 75.3 cm³/mol. The first kappa shape index (κ1) is 15.6. The van der Waals surface area contributed by atoms with Crippen molar-refractivity contribution in [1.29, 1.82) is 0 Å². The fourth-order valence-corrected chi connectivity index (χ4v) is 3.95. The van der Waals surface area contributed by atoms with Crippen LogP contribution < -0.4 is 4.72 Å². The molecule has 2 rings (SSSR count). The molecule has 0 aromatic carbocycles. The van der Waals surface area contributed by atoms with Gasteiger partial charge >= 0.3 is 5.97 Å². The van der Waals surface area contributed by atoms with Gasteiger partial charge in [0.1, 0.15) is 6.04 Å². The van der Waals surface area contributed by atoms with Crippen LogP contribution in [0.25, 0.3) is 0 Å². The lowest BCUT2D eigenvalue weighted by Gasteiger charge is -2.15. The minimum Gasteiger partial charge on any atom is -0.468 e. The minimum absolute atomic E-state index is 0.0542.